The summed E-state index contributed by atoms with van der Waals surface area (Å²) < 4.78 is 5.90. The topological polar surface area (TPSA) is 47.4 Å². The number of allylic oxidation sites excluding steroid dienone is 1. The van der Waals surface area contributed by atoms with Gasteiger partial charge in [-0.2, -0.15) is 0 Å². The summed E-state index contributed by atoms with van der Waals surface area (Å²) >= 11 is 0. The van der Waals surface area contributed by atoms with Gasteiger partial charge in [0, 0.05) is 12.3 Å². The van der Waals surface area contributed by atoms with Crippen LogP contribution < -0.4 is 10.2 Å². The Morgan fingerprint density at radius 1 is 1.17 bits per heavy atom. The predicted molar refractivity (Wildman–Crippen MR) is 122 cm³/mol. The molecule has 0 unspecified atom stereocenters. The second kappa shape index (κ2) is 11.1. The van der Waals surface area contributed by atoms with E-state index in [0.717, 1.165) is 19.5 Å². The number of hydrogen-bond acceptors (Lipinski definition) is 2. The molecule has 4 nitrogen and oxygen atoms in total. The Bertz CT molecular complexity index is 582. The van der Waals surface area contributed by atoms with Gasteiger partial charge >= 0.3 is 5.97 Å². The molecule has 172 valence electrons. The van der Waals surface area contributed by atoms with Gasteiger partial charge in [0.1, 0.15) is 12.0 Å². The summed E-state index contributed by atoms with van der Waals surface area (Å²) in [6.07, 6.45) is 14.0. The van der Waals surface area contributed by atoms with Crippen LogP contribution in [0.5, 0.6) is 0 Å². The Labute approximate surface area is 185 Å². The molecule has 0 radical (unpaired) electrons. The van der Waals surface area contributed by atoms with Gasteiger partial charge in [-0.15, -0.1) is 0 Å². The third kappa shape index (κ3) is 5.68. The standard InChI is InChI=1S/C26H46N2O2/c1-5-7-14-28(15-8-6-2)16-10-13-27-19-22-21-17-23-20(3)11-9-12-26(23,4)18-24(21)30-25(22)29/h17,20-22,24,27H,5-16,18-19H2,1-4H3/p+2/t20-,21+,22+,24+,26+/m0/s1. The fourth-order valence-electron chi connectivity index (χ4n) is 6.34. The molecule has 0 aromatic carbocycles. The Morgan fingerprint density at radius 3 is 2.57 bits per heavy atom. The maximum Gasteiger partial charge on any atom is 0.315 e. The number of nitrogens with one attached hydrogen (secondary N) is 1. The van der Waals surface area contributed by atoms with Crippen LogP contribution in [0.3, 0.4) is 0 Å². The number of nitrogens with two attached hydrogens (primary N) is 1. The molecule has 30 heavy (non-hydrogen) atoms. The highest BCUT2D eigenvalue weighted by Gasteiger charge is 2.52. The van der Waals surface area contributed by atoms with E-state index in [-0.39, 0.29) is 23.4 Å². The quantitative estimate of drug-likeness (QED) is 0.290. The summed E-state index contributed by atoms with van der Waals surface area (Å²) in [4.78, 5) is 14.4. The van der Waals surface area contributed by atoms with E-state index in [4.69, 9.17) is 4.74 Å². The van der Waals surface area contributed by atoms with E-state index in [2.05, 4.69) is 39.1 Å². The zero-order chi connectivity index (χ0) is 21.6. The molecular weight excluding hydrogens is 372 g/mol. The third-order valence-electron chi connectivity index (χ3n) is 8.21. The van der Waals surface area contributed by atoms with Crippen LogP contribution in [0.15, 0.2) is 11.6 Å². The van der Waals surface area contributed by atoms with Gasteiger partial charge in [0.25, 0.3) is 0 Å². The second-order valence-electron chi connectivity index (χ2n) is 10.7. The van der Waals surface area contributed by atoms with Gasteiger partial charge in [0.05, 0.1) is 32.7 Å². The Hall–Kier alpha value is -0.870. The van der Waals surface area contributed by atoms with Crippen molar-refractivity contribution in [3.8, 4) is 0 Å². The molecule has 5 atom stereocenters. The average molecular weight is 421 g/mol. The number of carbonyl (C=O) groups is 1. The van der Waals surface area contributed by atoms with Crippen molar-refractivity contribution in [3.05, 3.63) is 11.6 Å². The molecule has 0 spiro atoms. The number of esters is 1. The van der Waals surface area contributed by atoms with Gasteiger partial charge in [-0.1, -0.05) is 58.6 Å². The second-order valence-corrected chi connectivity index (χ2v) is 10.7. The van der Waals surface area contributed by atoms with Crippen molar-refractivity contribution in [1.29, 1.82) is 0 Å². The van der Waals surface area contributed by atoms with Crippen molar-refractivity contribution in [2.24, 2.45) is 23.2 Å². The lowest BCUT2D eigenvalue weighted by Gasteiger charge is -2.45. The van der Waals surface area contributed by atoms with Crippen LogP contribution in [0.2, 0.25) is 0 Å². The van der Waals surface area contributed by atoms with Crippen LogP contribution in [0.4, 0.5) is 0 Å². The smallest absolute Gasteiger partial charge is 0.315 e. The summed E-state index contributed by atoms with van der Waals surface area (Å²) in [7, 11) is 0. The molecule has 0 amide bonds. The highest BCUT2D eigenvalue weighted by molar-refractivity contribution is 5.76. The van der Waals surface area contributed by atoms with E-state index in [1.807, 2.05) is 0 Å². The molecule has 0 aromatic heterocycles. The maximum atomic E-state index is 12.7. The minimum Gasteiger partial charge on any atom is -0.461 e. The van der Waals surface area contributed by atoms with Crippen molar-refractivity contribution >= 4 is 5.97 Å². The summed E-state index contributed by atoms with van der Waals surface area (Å²) in [5.74, 6) is 1.11. The zero-order valence-electron chi connectivity index (χ0n) is 20.2. The van der Waals surface area contributed by atoms with Crippen LogP contribution in [-0.4, -0.2) is 44.8 Å². The first-order valence-electron chi connectivity index (χ1n) is 13.1. The fourth-order valence-corrected chi connectivity index (χ4v) is 6.34. The van der Waals surface area contributed by atoms with Crippen molar-refractivity contribution in [2.45, 2.75) is 91.6 Å². The van der Waals surface area contributed by atoms with E-state index in [0.29, 0.717) is 11.8 Å². The molecule has 0 bridgehead atoms. The van der Waals surface area contributed by atoms with Crippen LogP contribution in [0.25, 0.3) is 0 Å². The lowest BCUT2D eigenvalue weighted by molar-refractivity contribution is -0.902. The number of rotatable bonds is 12. The largest absolute Gasteiger partial charge is 0.461 e. The molecule has 2 aliphatic carbocycles. The number of carbonyl (C=O) groups excluding carboxylic acids is 1. The van der Waals surface area contributed by atoms with Crippen LogP contribution in [-0.2, 0) is 9.53 Å². The molecule has 1 heterocycles. The fraction of sp³-hybridized carbons (Fsp3) is 0.885. The van der Waals surface area contributed by atoms with Crippen molar-refractivity contribution in [3.63, 3.8) is 0 Å². The summed E-state index contributed by atoms with van der Waals surface area (Å²) in [5, 5.41) is 2.39. The SMILES string of the molecule is CCCC[NH+](CCCC)CCC[NH2+]C[C@H]1C(=O)O[C@@H]2C[C@@]3(C)CCC[C@H](C)C3=C[C@@H]21. The molecule has 0 aromatic rings. The minimum atomic E-state index is 0.0600. The van der Waals surface area contributed by atoms with Crippen LogP contribution >= 0.6 is 0 Å². The molecule has 1 aliphatic heterocycles. The predicted octanol–water partition coefficient (Wildman–Crippen LogP) is 2.74. The van der Waals surface area contributed by atoms with Crippen LogP contribution in [0.1, 0.15) is 85.5 Å². The van der Waals surface area contributed by atoms with Gasteiger partial charge < -0.3 is 15.0 Å². The van der Waals surface area contributed by atoms with E-state index in [9.17, 15) is 4.79 Å². The first kappa shape index (κ1) is 23.8. The molecule has 1 saturated carbocycles. The molecule has 4 heteroatoms. The highest BCUT2D eigenvalue weighted by Crippen LogP contribution is 2.53. The van der Waals surface area contributed by atoms with Crippen molar-refractivity contribution in [2.75, 3.05) is 32.7 Å². The minimum absolute atomic E-state index is 0.0600. The summed E-state index contributed by atoms with van der Waals surface area (Å²) in [5.41, 5.74) is 1.89. The van der Waals surface area contributed by atoms with E-state index in [1.165, 1.54) is 71.0 Å². The lowest BCUT2D eigenvalue weighted by Crippen LogP contribution is -3.12. The van der Waals surface area contributed by atoms with E-state index >= 15 is 0 Å². The average Bonchev–Trinajstić information content (AvgIpc) is 3.01. The molecule has 2 fully saturated rings. The monoisotopic (exact) mass is 420 g/mol. The van der Waals surface area contributed by atoms with Crippen molar-refractivity contribution < 1.29 is 19.7 Å². The lowest BCUT2D eigenvalue weighted by atomic mass is 9.59. The van der Waals surface area contributed by atoms with Gasteiger partial charge in [-0.05, 0) is 43.4 Å². The normalized spacial score (nSPS) is 33.2. The molecular formula is C26H48N2O2+2. The van der Waals surface area contributed by atoms with Crippen LogP contribution in [0, 0.1) is 23.2 Å². The number of unbranched alkanes of at least 4 members (excludes halogenated alkanes) is 2. The third-order valence-corrected chi connectivity index (χ3v) is 8.21. The maximum absolute atomic E-state index is 12.7. The molecule has 3 rings (SSSR count). The molecule has 1 saturated heterocycles. The van der Waals surface area contributed by atoms with Gasteiger partial charge in [0.2, 0.25) is 0 Å². The molecule has 3 N–H and O–H groups in total. The van der Waals surface area contributed by atoms with E-state index in [1.54, 1.807) is 10.5 Å². The van der Waals surface area contributed by atoms with Crippen molar-refractivity contribution in [1.82, 2.24) is 0 Å². The Balaban J connectivity index is 1.48. The number of quaternary nitrogens is 2. The zero-order valence-corrected chi connectivity index (χ0v) is 20.2. The summed E-state index contributed by atoms with van der Waals surface area (Å²) in [6, 6.07) is 0. The number of fused-ring (bicyclic) bond motifs is 2. The Morgan fingerprint density at radius 2 is 1.87 bits per heavy atom. The van der Waals surface area contributed by atoms with E-state index < -0.39 is 0 Å². The first-order chi connectivity index (χ1) is 14.5. The Kier molecular flexibility index (Phi) is 8.82. The first-order valence-corrected chi connectivity index (χ1v) is 13.1. The van der Waals surface area contributed by atoms with Gasteiger partial charge in [-0.3, -0.25) is 4.79 Å². The molecule has 3 aliphatic rings. The number of ether oxygens (including phenoxy) is 1. The summed E-state index contributed by atoms with van der Waals surface area (Å²) in [6.45, 7) is 15.3. The number of hydrogen-bond donors (Lipinski definition) is 2. The highest BCUT2D eigenvalue weighted by atomic mass is 16.6. The van der Waals surface area contributed by atoms with Gasteiger partial charge in [0.15, 0.2) is 0 Å². The van der Waals surface area contributed by atoms with Gasteiger partial charge in [-0.25, -0.2) is 0 Å².